The molecule has 4 rings (SSSR count). The Labute approximate surface area is 160 Å². The van der Waals surface area contributed by atoms with E-state index in [-0.39, 0.29) is 18.0 Å². The van der Waals surface area contributed by atoms with Crippen LogP contribution in [0.3, 0.4) is 0 Å². The van der Waals surface area contributed by atoms with E-state index in [1.54, 1.807) is 11.3 Å². The van der Waals surface area contributed by atoms with E-state index in [9.17, 15) is 9.59 Å². The van der Waals surface area contributed by atoms with Gasteiger partial charge < -0.3 is 5.32 Å². The first kappa shape index (κ1) is 17.1. The summed E-state index contributed by atoms with van der Waals surface area (Å²) < 4.78 is 1.35. The fourth-order valence-electron chi connectivity index (χ4n) is 2.58. The van der Waals surface area contributed by atoms with Gasteiger partial charge in [0.2, 0.25) is 5.91 Å². The maximum atomic E-state index is 12.9. The van der Waals surface area contributed by atoms with Crippen LogP contribution >= 0.6 is 34.0 Å². The number of rotatable bonds is 5. The summed E-state index contributed by atoms with van der Waals surface area (Å²) in [4.78, 5) is 35.4. The number of thiazole rings is 1. The third-order valence-electron chi connectivity index (χ3n) is 3.79. The molecule has 0 spiro atoms. The van der Waals surface area contributed by atoms with E-state index in [0.29, 0.717) is 16.8 Å². The lowest BCUT2D eigenvalue weighted by Gasteiger charge is -2.06. The zero-order chi connectivity index (χ0) is 18.1. The molecule has 0 aromatic carbocycles. The molecular formula is C17H14N4O2S3. The van der Waals surface area contributed by atoms with Gasteiger partial charge in [-0.15, -0.1) is 34.0 Å². The molecule has 4 heterocycles. The predicted molar refractivity (Wildman–Crippen MR) is 106 cm³/mol. The van der Waals surface area contributed by atoms with Crippen LogP contribution in [-0.2, 0) is 17.9 Å². The molecule has 0 aliphatic rings. The summed E-state index contributed by atoms with van der Waals surface area (Å²) in [7, 11) is 0. The van der Waals surface area contributed by atoms with Crippen LogP contribution in [0.25, 0.3) is 20.7 Å². The molecule has 0 radical (unpaired) electrons. The molecule has 0 unspecified atom stereocenters. The van der Waals surface area contributed by atoms with E-state index in [1.807, 2.05) is 35.2 Å². The molecule has 0 saturated heterocycles. The summed E-state index contributed by atoms with van der Waals surface area (Å²) in [6, 6.07) is 3.93. The molecular weight excluding hydrogens is 388 g/mol. The Morgan fingerprint density at radius 3 is 2.88 bits per heavy atom. The molecule has 0 bridgehead atoms. The second-order valence-electron chi connectivity index (χ2n) is 5.62. The molecule has 1 amide bonds. The highest BCUT2D eigenvalue weighted by molar-refractivity contribution is 7.18. The fraction of sp³-hybridized carbons (Fsp3) is 0.176. The molecule has 1 N–H and O–H groups in total. The van der Waals surface area contributed by atoms with Crippen LogP contribution in [0.15, 0.2) is 39.4 Å². The van der Waals surface area contributed by atoms with Crippen LogP contribution in [0.1, 0.15) is 10.7 Å². The Kier molecular flexibility index (Phi) is 4.66. The Morgan fingerprint density at radius 2 is 2.15 bits per heavy atom. The second kappa shape index (κ2) is 7.10. The normalized spacial score (nSPS) is 11.1. The largest absolute Gasteiger partial charge is 0.349 e. The number of thiophene rings is 2. The third-order valence-corrected chi connectivity index (χ3v) is 6.41. The van der Waals surface area contributed by atoms with Gasteiger partial charge in [0.25, 0.3) is 5.56 Å². The first-order valence-electron chi connectivity index (χ1n) is 7.80. The van der Waals surface area contributed by atoms with Crippen molar-refractivity contribution in [3.63, 3.8) is 0 Å². The predicted octanol–water partition coefficient (Wildman–Crippen LogP) is 3.27. The lowest BCUT2D eigenvalue weighted by molar-refractivity contribution is -0.121. The van der Waals surface area contributed by atoms with E-state index in [2.05, 4.69) is 15.3 Å². The summed E-state index contributed by atoms with van der Waals surface area (Å²) >= 11 is 4.56. The minimum absolute atomic E-state index is 0.0649. The molecule has 26 heavy (non-hydrogen) atoms. The quantitative estimate of drug-likeness (QED) is 0.556. The molecule has 0 fully saturated rings. The summed E-state index contributed by atoms with van der Waals surface area (Å²) in [5.41, 5.74) is 1.50. The molecule has 0 atom stereocenters. The first-order chi connectivity index (χ1) is 12.6. The molecule has 0 aliphatic heterocycles. The number of fused-ring (bicyclic) bond motifs is 1. The molecule has 4 aromatic heterocycles. The summed E-state index contributed by atoms with van der Waals surface area (Å²) in [5, 5.41) is 10.2. The minimum atomic E-state index is -0.244. The summed E-state index contributed by atoms with van der Waals surface area (Å²) in [5.74, 6) is -0.244. The van der Waals surface area contributed by atoms with Crippen LogP contribution in [0, 0.1) is 6.92 Å². The van der Waals surface area contributed by atoms with E-state index in [1.165, 1.54) is 33.6 Å². The van der Waals surface area contributed by atoms with Crippen LogP contribution in [0.5, 0.6) is 0 Å². The SMILES string of the molecule is Cc1nc(CNC(=O)Cn2cnc3scc(-c4cccs4)c3c2=O)cs1. The van der Waals surface area contributed by atoms with Gasteiger partial charge in [-0.05, 0) is 18.4 Å². The zero-order valence-electron chi connectivity index (χ0n) is 13.8. The Morgan fingerprint density at radius 1 is 1.27 bits per heavy atom. The van der Waals surface area contributed by atoms with Gasteiger partial charge in [-0.1, -0.05) is 6.07 Å². The van der Waals surface area contributed by atoms with Crippen LogP contribution < -0.4 is 10.9 Å². The molecule has 0 aliphatic carbocycles. The maximum Gasteiger partial charge on any atom is 0.263 e. The first-order valence-corrected chi connectivity index (χ1v) is 10.4. The molecule has 6 nitrogen and oxygen atoms in total. The molecule has 4 aromatic rings. The van der Waals surface area contributed by atoms with Crippen molar-refractivity contribution >= 4 is 50.1 Å². The number of aromatic nitrogens is 3. The van der Waals surface area contributed by atoms with Crippen molar-refractivity contribution in [1.82, 2.24) is 19.9 Å². The van der Waals surface area contributed by atoms with E-state index in [4.69, 9.17) is 0 Å². The van der Waals surface area contributed by atoms with Gasteiger partial charge in [0.05, 0.1) is 29.0 Å². The van der Waals surface area contributed by atoms with Crippen LogP contribution in [0.2, 0.25) is 0 Å². The van der Waals surface area contributed by atoms with Crippen molar-refractivity contribution in [2.75, 3.05) is 0 Å². The topological polar surface area (TPSA) is 76.9 Å². The lowest BCUT2D eigenvalue weighted by atomic mass is 10.2. The molecule has 9 heteroatoms. The highest BCUT2D eigenvalue weighted by atomic mass is 32.1. The third kappa shape index (κ3) is 3.33. The highest BCUT2D eigenvalue weighted by Gasteiger charge is 2.15. The number of carbonyl (C=O) groups is 1. The van der Waals surface area contributed by atoms with Crippen molar-refractivity contribution in [2.24, 2.45) is 0 Å². The van der Waals surface area contributed by atoms with Gasteiger partial charge >= 0.3 is 0 Å². The van der Waals surface area contributed by atoms with Crippen molar-refractivity contribution < 1.29 is 4.79 Å². The van der Waals surface area contributed by atoms with Crippen molar-refractivity contribution in [1.29, 1.82) is 0 Å². The Hall–Kier alpha value is -2.36. The number of nitrogens with one attached hydrogen (secondary N) is 1. The number of nitrogens with zero attached hydrogens (tertiary/aromatic N) is 3. The Bertz CT molecular complexity index is 1120. The van der Waals surface area contributed by atoms with Crippen molar-refractivity contribution in [3.8, 4) is 10.4 Å². The van der Waals surface area contributed by atoms with Crippen molar-refractivity contribution in [2.45, 2.75) is 20.0 Å². The molecule has 0 saturated carbocycles. The lowest BCUT2D eigenvalue weighted by Crippen LogP contribution is -2.32. The van der Waals surface area contributed by atoms with Gasteiger partial charge in [-0.3, -0.25) is 14.2 Å². The van der Waals surface area contributed by atoms with Gasteiger partial charge in [-0.2, -0.15) is 0 Å². The minimum Gasteiger partial charge on any atom is -0.349 e. The van der Waals surface area contributed by atoms with Gasteiger partial charge in [0.1, 0.15) is 11.4 Å². The standard InChI is InChI=1S/C17H14N4O2S3/c1-10-20-11(7-25-10)5-18-14(22)6-21-9-19-16-15(17(21)23)12(8-26-16)13-3-2-4-24-13/h2-4,7-9H,5-6H2,1H3,(H,18,22). The zero-order valence-corrected chi connectivity index (χ0v) is 16.2. The van der Waals surface area contributed by atoms with Crippen LogP contribution in [0.4, 0.5) is 0 Å². The van der Waals surface area contributed by atoms with E-state index >= 15 is 0 Å². The number of amides is 1. The van der Waals surface area contributed by atoms with Crippen molar-refractivity contribution in [3.05, 3.63) is 55.7 Å². The average Bonchev–Trinajstić information content (AvgIpc) is 3.35. The number of aryl methyl sites for hydroxylation is 1. The summed E-state index contributed by atoms with van der Waals surface area (Å²) in [6.45, 7) is 2.21. The van der Waals surface area contributed by atoms with Gasteiger partial charge in [0.15, 0.2) is 0 Å². The number of carbonyl (C=O) groups excluding carboxylic acids is 1. The average molecular weight is 403 g/mol. The number of hydrogen-bond donors (Lipinski definition) is 1. The Balaban J connectivity index is 1.57. The smallest absolute Gasteiger partial charge is 0.263 e. The molecule has 132 valence electrons. The van der Waals surface area contributed by atoms with Crippen LogP contribution in [-0.4, -0.2) is 20.4 Å². The second-order valence-corrected chi connectivity index (χ2v) is 8.49. The van der Waals surface area contributed by atoms with E-state index in [0.717, 1.165) is 21.1 Å². The van der Waals surface area contributed by atoms with Gasteiger partial charge in [0, 0.05) is 21.2 Å². The maximum absolute atomic E-state index is 12.9. The fourth-order valence-corrected chi connectivity index (χ4v) is 4.92. The monoisotopic (exact) mass is 402 g/mol. The number of hydrogen-bond acceptors (Lipinski definition) is 7. The van der Waals surface area contributed by atoms with E-state index < -0.39 is 0 Å². The highest BCUT2D eigenvalue weighted by Crippen LogP contribution is 2.33. The van der Waals surface area contributed by atoms with Gasteiger partial charge in [-0.25, -0.2) is 9.97 Å². The summed E-state index contributed by atoms with van der Waals surface area (Å²) in [6.07, 6.45) is 1.44.